The van der Waals surface area contributed by atoms with Crippen LogP contribution in [-0.4, -0.2) is 11.6 Å². The van der Waals surface area contributed by atoms with Crippen molar-refractivity contribution in [3.63, 3.8) is 0 Å². The average Bonchev–Trinajstić information content (AvgIpc) is 2.41. The number of carbonyl (C=O) groups is 2. The summed E-state index contributed by atoms with van der Waals surface area (Å²) in [6.45, 7) is 2.14. The molecule has 0 radical (unpaired) electrons. The molecule has 0 aliphatic heterocycles. The van der Waals surface area contributed by atoms with Gasteiger partial charge in [0, 0.05) is 12.0 Å². The number of hydrogen-bond donors (Lipinski definition) is 0. The van der Waals surface area contributed by atoms with Crippen LogP contribution in [0.3, 0.4) is 0 Å². The number of hydrogen-bond acceptors (Lipinski definition) is 2. The topological polar surface area (TPSA) is 34.1 Å². The molecule has 20 heavy (non-hydrogen) atoms. The van der Waals surface area contributed by atoms with Gasteiger partial charge in [0.2, 0.25) is 0 Å². The van der Waals surface area contributed by atoms with Crippen LogP contribution in [0.15, 0.2) is 18.2 Å². The lowest BCUT2D eigenvalue weighted by atomic mass is 10.0. The molecule has 110 valence electrons. The molecule has 0 bridgehead atoms. The average molecular weight is 299 g/mol. The molecular weight excluding hydrogens is 279 g/mol. The van der Waals surface area contributed by atoms with E-state index < -0.39 is 5.82 Å². The minimum atomic E-state index is -0.564. The van der Waals surface area contributed by atoms with Crippen LogP contribution < -0.4 is 0 Å². The molecule has 0 N–H and O–H groups in total. The largest absolute Gasteiger partial charge is 0.299 e. The Morgan fingerprint density at radius 2 is 1.85 bits per heavy atom. The van der Waals surface area contributed by atoms with E-state index >= 15 is 0 Å². The van der Waals surface area contributed by atoms with E-state index in [1.807, 2.05) is 0 Å². The Morgan fingerprint density at radius 1 is 1.15 bits per heavy atom. The third kappa shape index (κ3) is 5.83. The number of halogens is 2. The van der Waals surface area contributed by atoms with Crippen LogP contribution in [0, 0.1) is 5.82 Å². The highest BCUT2D eigenvalue weighted by atomic mass is 35.5. The van der Waals surface area contributed by atoms with Gasteiger partial charge in [0.15, 0.2) is 5.78 Å². The molecular formula is C16H20ClFO2. The summed E-state index contributed by atoms with van der Waals surface area (Å²) in [7, 11) is 0. The third-order valence-corrected chi connectivity index (χ3v) is 3.45. The van der Waals surface area contributed by atoms with Crippen LogP contribution in [0.2, 0.25) is 5.02 Å². The fourth-order valence-electron chi connectivity index (χ4n) is 1.96. The summed E-state index contributed by atoms with van der Waals surface area (Å²) < 4.78 is 13.0. The third-order valence-electron chi connectivity index (χ3n) is 3.16. The number of ketones is 2. The van der Waals surface area contributed by atoms with Gasteiger partial charge in [-0.1, -0.05) is 44.2 Å². The van der Waals surface area contributed by atoms with E-state index in [-0.39, 0.29) is 28.6 Å². The summed E-state index contributed by atoms with van der Waals surface area (Å²) in [6.07, 6.45) is 5.64. The van der Waals surface area contributed by atoms with Crippen LogP contribution in [-0.2, 0) is 4.79 Å². The van der Waals surface area contributed by atoms with Gasteiger partial charge in [-0.3, -0.25) is 9.59 Å². The Balaban J connectivity index is 2.37. The summed E-state index contributed by atoms with van der Waals surface area (Å²) in [6, 6.07) is 3.77. The lowest BCUT2D eigenvalue weighted by Crippen LogP contribution is -2.08. The molecule has 0 aliphatic carbocycles. The standard InChI is InChI=1S/C16H20ClFO2/c1-2-3-4-5-6-7-13(19)11-16(20)12-8-9-15(18)14(17)10-12/h8-10H,2-7,11H2,1H3. The van der Waals surface area contributed by atoms with Crippen LogP contribution in [0.25, 0.3) is 0 Å². The van der Waals surface area contributed by atoms with Gasteiger partial charge in [-0.2, -0.15) is 0 Å². The summed E-state index contributed by atoms with van der Waals surface area (Å²) in [4.78, 5) is 23.5. The molecule has 1 aromatic carbocycles. The fourth-order valence-corrected chi connectivity index (χ4v) is 2.15. The van der Waals surface area contributed by atoms with Crippen LogP contribution in [0.1, 0.15) is 62.2 Å². The summed E-state index contributed by atoms with van der Waals surface area (Å²) >= 11 is 5.61. The Bertz CT molecular complexity index is 472. The molecule has 0 heterocycles. The van der Waals surface area contributed by atoms with Crippen molar-refractivity contribution in [2.45, 2.75) is 51.9 Å². The van der Waals surface area contributed by atoms with E-state index in [1.54, 1.807) is 0 Å². The first-order chi connectivity index (χ1) is 9.54. The summed E-state index contributed by atoms with van der Waals surface area (Å²) in [5.74, 6) is -0.928. The smallest absolute Gasteiger partial charge is 0.170 e. The minimum Gasteiger partial charge on any atom is -0.299 e. The first kappa shape index (κ1) is 16.8. The van der Waals surface area contributed by atoms with Gasteiger partial charge in [-0.05, 0) is 24.6 Å². The van der Waals surface area contributed by atoms with Crippen molar-refractivity contribution in [2.75, 3.05) is 0 Å². The predicted molar refractivity (Wildman–Crippen MR) is 78.7 cm³/mol. The number of unbranched alkanes of at least 4 members (excludes halogenated alkanes) is 4. The molecule has 0 saturated carbocycles. The second kappa shape index (κ2) is 8.85. The Morgan fingerprint density at radius 3 is 2.50 bits per heavy atom. The number of carbonyl (C=O) groups excluding carboxylic acids is 2. The number of Topliss-reactive ketones (excluding diaryl/α,β-unsaturated/α-hetero) is 2. The van der Waals surface area contributed by atoms with Gasteiger partial charge in [0.25, 0.3) is 0 Å². The van der Waals surface area contributed by atoms with E-state index in [9.17, 15) is 14.0 Å². The monoisotopic (exact) mass is 298 g/mol. The second-order valence-corrected chi connectivity index (χ2v) is 5.34. The Hall–Kier alpha value is -1.22. The molecule has 2 nitrogen and oxygen atoms in total. The van der Waals surface area contributed by atoms with Gasteiger partial charge >= 0.3 is 0 Å². The SMILES string of the molecule is CCCCCCCC(=O)CC(=O)c1ccc(F)c(Cl)c1. The molecule has 0 amide bonds. The normalized spacial score (nSPS) is 10.6. The van der Waals surface area contributed by atoms with Crippen molar-refractivity contribution < 1.29 is 14.0 Å². The zero-order chi connectivity index (χ0) is 15.0. The highest BCUT2D eigenvalue weighted by Gasteiger charge is 2.13. The maximum atomic E-state index is 13.0. The van der Waals surface area contributed by atoms with E-state index in [2.05, 4.69) is 6.92 Å². The second-order valence-electron chi connectivity index (χ2n) is 4.93. The van der Waals surface area contributed by atoms with Crippen molar-refractivity contribution in [3.8, 4) is 0 Å². The van der Waals surface area contributed by atoms with Crippen molar-refractivity contribution in [1.29, 1.82) is 0 Å². The number of rotatable bonds is 9. The molecule has 0 aliphatic rings. The molecule has 1 rings (SSSR count). The Labute approximate surface area is 124 Å². The molecule has 0 aromatic heterocycles. The molecule has 0 saturated heterocycles. The lowest BCUT2D eigenvalue weighted by molar-refractivity contribution is -0.118. The quantitative estimate of drug-likeness (QED) is 0.366. The van der Waals surface area contributed by atoms with Crippen molar-refractivity contribution in [2.24, 2.45) is 0 Å². The van der Waals surface area contributed by atoms with E-state index in [0.717, 1.165) is 31.7 Å². The van der Waals surface area contributed by atoms with Gasteiger partial charge in [0.05, 0.1) is 11.4 Å². The maximum absolute atomic E-state index is 13.0. The fraction of sp³-hybridized carbons (Fsp3) is 0.500. The van der Waals surface area contributed by atoms with Crippen LogP contribution >= 0.6 is 11.6 Å². The molecule has 4 heteroatoms. The predicted octanol–water partition coefficient (Wildman–Crippen LogP) is 4.98. The first-order valence-corrected chi connectivity index (χ1v) is 7.42. The Kier molecular flexibility index (Phi) is 7.45. The van der Waals surface area contributed by atoms with Crippen molar-refractivity contribution in [1.82, 2.24) is 0 Å². The van der Waals surface area contributed by atoms with Crippen molar-refractivity contribution >= 4 is 23.2 Å². The minimum absolute atomic E-state index is 0.0630. The van der Waals surface area contributed by atoms with Gasteiger partial charge in [-0.15, -0.1) is 0 Å². The van der Waals surface area contributed by atoms with Gasteiger partial charge in [-0.25, -0.2) is 4.39 Å². The molecule has 1 aromatic rings. The zero-order valence-corrected chi connectivity index (χ0v) is 12.5. The highest BCUT2D eigenvalue weighted by molar-refractivity contribution is 6.31. The maximum Gasteiger partial charge on any atom is 0.170 e. The number of benzene rings is 1. The molecule has 0 fully saturated rings. The first-order valence-electron chi connectivity index (χ1n) is 7.04. The molecule has 0 spiro atoms. The van der Waals surface area contributed by atoms with Crippen molar-refractivity contribution in [3.05, 3.63) is 34.6 Å². The highest BCUT2D eigenvalue weighted by Crippen LogP contribution is 2.17. The molecule has 0 unspecified atom stereocenters. The van der Waals surface area contributed by atoms with E-state index in [0.29, 0.717) is 6.42 Å². The van der Waals surface area contributed by atoms with E-state index in [4.69, 9.17) is 11.6 Å². The van der Waals surface area contributed by atoms with Gasteiger partial charge in [0.1, 0.15) is 11.6 Å². The lowest BCUT2D eigenvalue weighted by Gasteiger charge is -2.03. The molecule has 0 atom stereocenters. The van der Waals surface area contributed by atoms with Crippen LogP contribution in [0.5, 0.6) is 0 Å². The van der Waals surface area contributed by atoms with Crippen LogP contribution in [0.4, 0.5) is 4.39 Å². The summed E-state index contributed by atoms with van der Waals surface area (Å²) in [5.41, 5.74) is 0.288. The summed E-state index contributed by atoms with van der Waals surface area (Å²) in [5, 5.41) is -0.0946. The zero-order valence-electron chi connectivity index (χ0n) is 11.8. The van der Waals surface area contributed by atoms with Gasteiger partial charge < -0.3 is 0 Å². The van der Waals surface area contributed by atoms with E-state index in [1.165, 1.54) is 18.6 Å².